The number of hydrogen-bond acceptors (Lipinski definition) is 6. The molecule has 2 amide bonds. The van der Waals surface area contributed by atoms with E-state index in [0.717, 1.165) is 11.6 Å². The van der Waals surface area contributed by atoms with E-state index >= 15 is 0 Å². The lowest BCUT2D eigenvalue weighted by Gasteiger charge is -2.18. The number of nitrogens with one attached hydrogen (secondary N) is 3. The van der Waals surface area contributed by atoms with Crippen LogP contribution in [-0.2, 0) is 10.0 Å². The Balaban J connectivity index is 2.19. The van der Waals surface area contributed by atoms with Crippen molar-refractivity contribution in [2.75, 3.05) is 23.8 Å². The number of nitrogens with zero attached hydrogens (tertiary/aromatic N) is 2. The number of carbonyl (C=O) groups is 1. The summed E-state index contributed by atoms with van der Waals surface area (Å²) in [5.74, 6) is 0. The summed E-state index contributed by atoms with van der Waals surface area (Å²) in [6.45, 7) is 5.73. The molecular weight excluding hydrogens is 398 g/mol. The highest BCUT2D eigenvalue weighted by molar-refractivity contribution is 7.89. The SMILES string of the molecule is CCN(CC)S(=O)(=O)c1ccc(NNC(=O)Nc2cccc(C)c2)c([N+](=O)[O-])c1. The van der Waals surface area contributed by atoms with Crippen molar-refractivity contribution < 1.29 is 18.1 Å². The van der Waals surface area contributed by atoms with E-state index in [9.17, 15) is 23.3 Å². The normalized spacial score (nSPS) is 11.2. The van der Waals surface area contributed by atoms with E-state index in [2.05, 4.69) is 16.2 Å². The minimum absolute atomic E-state index is 0.0483. The predicted octanol–water partition coefficient (Wildman–Crippen LogP) is 3.08. The van der Waals surface area contributed by atoms with Crippen molar-refractivity contribution in [3.05, 3.63) is 58.1 Å². The van der Waals surface area contributed by atoms with E-state index < -0.39 is 26.7 Å². The Morgan fingerprint density at radius 1 is 1.14 bits per heavy atom. The van der Waals surface area contributed by atoms with Crippen LogP contribution in [0.25, 0.3) is 0 Å². The van der Waals surface area contributed by atoms with Gasteiger partial charge in [0.15, 0.2) is 0 Å². The van der Waals surface area contributed by atoms with Crippen LogP contribution in [0.4, 0.5) is 21.9 Å². The van der Waals surface area contributed by atoms with Crippen LogP contribution >= 0.6 is 0 Å². The molecule has 0 aliphatic rings. The standard InChI is InChI=1S/C18H23N5O5S/c1-4-22(5-2)29(27,28)15-9-10-16(17(12-15)23(25)26)20-21-18(24)19-14-8-6-7-13(3)11-14/h6-12,20H,4-5H2,1-3H3,(H2,19,21,24). The minimum Gasteiger partial charge on any atom is -0.307 e. The van der Waals surface area contributed by atoms with E-state index in [1.165, 1.54) is 16.4 Å². The molecular formula is C18H23N5O5S. The first kappa shape index (κ1) is 22.1. The van der Waals surface area contributed by atoms with Gasteiger partial charge < -0.3 is 5.32 Å². The molecule has 2 aromatic carbocycles. The number of nitro groups is 1. The van der Waals surface area contributed by atoms with E-state index in [-0.39, 0.29) is 23.7 Å². The van der Waals surface area contributed by atoms with Crippen molar-refractivity contribution in [2.24, 2.45) is 0 Å². The van der Waals surface area contributed by atoms with Gasteiger partial charge in [0.2, 0.25) is 10.0 Å². The van der Waals surface area contributed by atoms with Crippen molar-refractivity contribution >= 4 is 33.1 Å². The molecule has 0 unspecified atom stereocenters. The first-order chi connectivity index (χ1) is 13.7. The molecule has 0 saturated carbocycles. The number of rotatable bonds is 8. The Hall–Kier alpha value is -3.18. The molecule has 0 atom stereocenters. The lowest BCUT2D eigenvalue weighted by Crippen LogP contribution is -2.34. The van der Waals surface area contributed by atoms with Gasteiger partial charge in [-0.05, 0) is 36.8 Å². The second-order valence-electron chi connectivity index (χ2n) is 6.10. The fourth-order valence-electron chi connectivity index (χ4n) is 2.65. The number of carbonyl (C=O) groups excluding carboxylic acids is 1. The highest BCUT2D eigenvalue weighted by atomic mass is 32.2. The molecule has 0 radical (unpaired) electrons. The van der Waals surface area contributed by atoms with E-state index in [0.29, 0.717) is 5.69 Å². The molecule has 10 nitrogen and oxygen atoms in total. The molecule has 0 bridgehead atoms. The number of amides is 2. The van der Waals surface area contributed by atoms with Crippen molar-refractivity contribution in [1.29, 1.82) is 0 Å². The summed E-state index contributed by atoms with van der Waals surface area (Å²) in [7, 11) is -3.85. The summed E-state index contributed by atoms with van der Waals surface area (Å²) in [6.07, 6.45) is 0. The molecule has 0 aliphatic heterocycles. The van der Waals surface area contributed by atoms with Crippen molar-refractivity contribution in [1.82, 2.24) is 9.73 Å². The minimum atomic E-state index is -3.85. The van der Waals surface area contributed by atoms with E-state index in [1.807, 2.05) is 13.0 Å². The molecule has 11 heteroatoms. The van der Waals surface area contributed by atoms with Crippen molar-refractivity contribution in [3.8, 4) is 0 Å². The summed E-state index contributed by atoms with van der Waals surface area (Å²) >= 11 is 0. The molecule has 0 fully saturated rings. The number of nitro benzene ring substituents is 1. The lowest BCUT2D eigenvalue weighted by molar-refractivity contribution is -0.384. The number of benzene rings is 2. The maximum absolute atomic E-state index is 12.6. The first-order valence-corrected chi connectivity index (χ1v) is 10.3. The average Bonchev–Trinajstić information content (AvgIpc) is 2.67. The van der Waals surface area contributed by atoms with Gasteiger partial charge in [0, 0.05) is 24.8 Å². The third-order valence-corrected chi connectivity index (χ3v) is 6.14. The van der Waals surface area contributed by atoms with Gasteiger partial charge in [-0.1, -0.05) is 26.0 Å². The summed E-state index contributed by atoms with van der Waals surface area (Å²) in [6, 6.07) is 9.93. The largest absolute Gasteiger partial charge is 0.337 e. The number of hydrazine groups is 1. The van der Waals surface area contributed by atoms with Crippen LogP contribution in [0.3, 0.4) is 0 Å². The number of hydrogen-bond donors (Lipinski definition) is 3. The molecule has 29 heavy (non-hydrogen) atoms. The molecule has 2 aromatic rings. The molecule has 0 aromatic heterocycles. The number of urea groups is 1. The van der Waals surface area contributed by atoms with Crippen LogP contribution in [-0.4, -0.2) is 36.8 Å². The Kier molecular flexibility index (Phi) is 7.13. The molecule has 0 spiro atoms. The maximum atomic E-state index is 12.6. The fourth-order valence-corrected chi connectivity index (χ4v) is 4.13. The number of sulfonamides is 1. The second kappa shape index (κ2) is 9.34. The van der Waals surface area contributed by atoms with Crippen LogP contribution in [0.15, 0.2) is 47.4 Å². The van der Waals surface area contributed by atoms with Crippen LogP contribution in [0.1, 0.15) is 19.4 Å². The molecule has 0 saturated heterocycles. The van der Waals surface area contributed by atoms with Gasteiger partial charge in [0.25, 0.3) is 5.69 Å². The highest BCUT2D eigenvalue weighted by Crippen LogP contribution is 2.28. The third kappa shape index (κ3) is 5.42. The molecule has 3 N–H and O–H groups in total. The van der Waals surface area contributed by atoms with E-state index in [4.69, 9.17) is 0 Å². The maximum Gasteiger partial charge on any atom is 0.337 e. The van der Waals surface area contributed by atoms with Crippen molar-refractivity contribution in [2.45, 2.75) is 25.7 Å². The Bertz CT molecular complexity index is 1010. The van der Waals surface area contributed by atoms with Crippen LogP contribution in [0.5, 0.6) is 0 Å². The zero-order valence-corrected chi connectivity index (χ0v) is 17.1. The highest BCUT2D eigenvalue weighted by Gasteiger charge is 2.25. The quantitative estimate of drug-likeness (QED) is 0.443. The van der Waals surface area contributed by atoms with Crippen molar-refractivity contribution in [3.63, 3.8) is 0 Å². The zero-order chi connectivity index (χ0) is 21.6. The summed E-state index contributed by atoms with van der Waals surface area (Å²) in [4.78, 5) is 22.5. The number of aryl methyl sites for hydroxylation is 1. The van der Waals surface area contributed by atoms with Gasteiger partial charge in [-0.2, -0.15) is 4.31 Å². The van der Waals surface area contributed by atoms with Gasteiger partial charge >= 0.3 is 6.03 Å². The van der Waals surface area contributed by atoms with Crippen LogP contribution in [0.2, 0.25) is 0 Å². The second-order valence-corrected chi connectivity index (χ2v) is 8.04. The third-order valence-electron chi connectivity index (χ3n) is 4.10. The van der Waals surface area contributed by atoms with Gasteiger partial charge in [-0.3, -0.25) is 21.0 Å². The Morgan fingerprint density at radius 2 is 1.83 bits per heavy atom. The topological polar surface area (TPSA) is 134 Å². The Morgan fingerprint density at radius 3 is 2.41 bits per heavy atom. The lowest BCUT2D eigenvalue weighted by atomic mass is 10.2. The summed E-state index contributed by atoms with van der Waals surface area (Å²) in [5.41, 5.74) is 5.74. The summed E-state index contributed by atoms with van der Waals surface area (Å²) < 4.78 is 26.4. The van der Waals surface area contributed by atoms with Crippen LogP contribution in [0, 0.1) is 17.0 Å². The summed E-state index contributed by atoms with van der Waals surface area (Å²) in [5, 5.41) is 14.0. The van der Waals surface area contributed by atoms with Crippen LogP contribution < -0.4 is 16.2 Å². The average molecular weight is 421 g/mol. The predicted molar refractivity (Wildman–Crippen MR) is 110 cm³/mol. The molecule has 156 valence electrons. The van der Waals surface area contributed by atoms with Gasteiger partial charge in [-0.25, -0.2) is 13.2 Å². The number of anilines is 2. The van der Waals surface area contributed by atoms with E-state index in [1.54, 1.807) is 32.0 Å². The first-order valence-electron chi connectivity index (χ1n) is 8.87. The zero-order valence-electron chi connectivity index (χ0n) is 16.3. The smallest absolute Gasteiger partial charge is 0.307 e. The van der Waals surface area contributed by atoms with Gasteiger partial charge in [0.05, 0.1) is 9.82 Å². The Labute approximate surface area is 169 Å². The molecule has 0 aliphatic carbocycles. The molecule has 0 heterocycles. The van der Waals surface area contributed by atoms with Gasteiger partial charge in [0.1, 0.15) is 5.69 Å². The monoisotopic (exact) mass is 421 g/mol. The van der Waals surface area contributed by atoms with Gasteiger partial charge in [-0.15, -0.1) is 0 Å². The molecule has 2 rings (SSSR count). The fraction of sp³-hybridized carbons (Fsp3) is 0.278.